The maximum atomic E-state index is 13.3. The van der Waals surface area contributed by atoms with Gasteiger partial charge in [0.25, 0.3) is 17.7 Å². The van der Waals surface area contributed by atoms with Crippen LogP contribution in [-0.2, 0) is 13.0 Å². The Balaban J connectivity index is 1.77. The summed E-state index contributed by atoms with van der Waals surface area (Å²) in [5.41, 5.74) is 1.83. The second-order valence-corrected chi connectivity index (χ2v) is 6.60. The van der Waals surface area contributed by atoms with E-state index in [4.69, 9.17) is 0 Å². The van der Waals surface area contributed by atoms with Crippen molar-refractivity contribution in [3.8, 4) is 0 Å². The van der Waals surface area contributed by atoms with Crippen molar-refractivity contribution in [1.29, 1.82) is 0 Å². The lowest BCUT2D eigenvalue weighted by Crippen LogP contribution is -2.48. The van der Waals surface area contributed by atoms with Crippen molar-refractivity contribution in [3.63, 3.8) is 0 Å². The predicted octanol–water partition coefficient (Wildman–Crippen LogP) is 2.53. The Morgan fingerprint density at radius 2 is 1.46 bits per heavy atom. The van der Waals surface area contributed by atoms with Crippen LogP contribution in [-0.4, -0.2) is 38.3 Å². The lowest BCUT2D eigenvalue weighted by atomic mass is 10.0. The summed E-state index contributed by atoms with van der Waals surface area (Å²) in [4.78, 5) is 40.3. The zero-order chi connectivity index (χ0) is 19.7. The molecule has 1 unspecified atom stereocenters. The quantitative estimate of drug-likeness (QED) is 0.696. The summed E-state index contributed by atoms with van der Waals surface area (Å²) in [6.45, 7) is -0.321. The van der Waals surface area contributed by atoms with Crippen LogP contribution in [0.2, 0.25) is 0 Å². The van der Waals surface area contributed by atoms with Crippen molar-refractivity contribution in [3.05, 3.63) is 95.3 Å². The van der Waals surface area contributed by atoms with E-state index < -0.39 is 23.8 Å². The summed E-state index contributed by atoms with van der Waals surface area (Å²) >= 11 is 0. The van der Waals surface area contributed by atoms with Gasteiger partial charge < -0.3 is 5.11 Å². The maximum Gasteiger partial charge on any atom is 0.262 e. The van der Waals surface area contributed by atoms with Crippen LogP contribution >= 0.6 is 0 Å². The number of rotatable bonds is 5. The van der Waals surface area contributed by atoms with Crippen LogP contribution in [0, 0.1) is 0 Å². The molecule has 2 heterocycles. The smallest absolute Gasteiger partial charge is 0.262 e. The number of carbonyl (C=O) groups is 3. The molecule has 2 amide bonds. The van der Waals surface area contributed by atoms with Crippen molar-refractivity contribution in [2.75, 3.05) is 0 Å². The number of imide groups is 1. The molecule has 0 radical (unpaired) electrons. The standard InChI is InChI=1S/C22H18N2O4/c25-14-16-9-6-12-23(16)22(28)19(13-15-7-2-1-3-8-15)24-20(26)17-10-4-5-11-18(17)21(24)27/h1-12,19,25H,13-14H2. The Morgan fingerprint density at radius 3 is 2.07 bits per heavy atom. The van der Waals surface area contributed by atoms with E-state index in [1.807, 2.05) is 30.3 Å². The SMILES string of the molecule is O=C1c2ccccc2C(=O)N1C(Cc1ccccc1)C(=O)n1cccc1CO. The van der Waals surface area contributed by atoms with Gasteiger partial charge >= 0.3 is 0 Å². The first-order valence-corrected chi connectivity index (χ1v) is 8.94. The van der Waals surface area contributed by atoms with Crippen LogP contribution in [0.4, 0.5) is 0 Å². The topological polar surface area (TPSA) is 79.6 Å². The van der Waals surface area contributed by atoms with E-state index >= 15 is 0 Å². The van der Waals surface area contributed by atoms with Gasteiger partial charge in [0.15, 0.2) is 0 Å². The largest absolute Gasteiger partial charge is 0.390 e. The van der Waals surface area contributed by atoms with Gasteiger partial charge in [-0.1, -0.05) is 42.5 Å². The third kappa shape index (κ3) is 2.93. The fourth-order valence-electron chi connectivity index (χ4n) is 3.54. The first-order chi connectivity index (χ1) is 13.6. The number of aliphatic hydroxyl groups is 1. The van der Waals surface area contributed by atoms with E-state index in [2.05, 4.69) is 0 Å². The van der Waals surface area contributed by atoms with Crippen molar-refractivity contribution in [2.24, 2.45) is 0 Å². The average molecular weight is 374 g/mol. The molecule has 1 N–H and O–H groups in total. The summed E-state index contributed by atoms with van der Waals surface area (Å²) in [5.74, 6) is -1.40. The van der Waals surface area contributed by atoms with Crippen LogP contribution < -0.4 is 0 Å². The number of benzene rings is 2. The predicted molar refractivity (Wildman–Crippen MR) is 102 cm³/mol. The number of amides is 2. The fourth-order valence-corrected chi connectivity index (χ4v) is 3.54. The second-order valence-electron chi connectivity index (χ2n) is 6.60. The van der Waals surface area contributed by atoms with Crippen LogP contribution in [0.1, 0.15) is 36.8 Å². The minimum atomic E-state index is -1.02. The third-order valence-corrected chi connectivity index (χ3v) is 4.93. The van der Waals surface area contributed by atoms with Crippen LogP contribution in [0.25, 0.3) is 0 Å². The molecule has 2 aromatic carbocycles. The van der Waals surface area contributed by atoms with Crippen molar-refractivity contribution in [2.45, 2.75) is 19.1 Å². The highest BCUT2D eigenvalue weighted by molar-refractivity contribution is 6.23. The first kappa shape index (κ1) is 17.9. The van der Waals surface area contributed by atoms with E-state index in [1.165, 1.54) is 10.8 Å². The molecule has 4 rings (SSSR count). The van der Waals surface area contributed by atoms with Crippen molar-refractivity contribution < 1.29 is 19.5 Å². The highest BCUT2D eigenvalue weighted by Crippen LogP contribution is 2.27. The minimum Gasteiger partial charge on any atom is -0.390 e. The van der Waals surface area contributed by atoms with Crippen molar-refractivity contribution >= 4 is 17.7 Å². The number of fused-ring (bicyclic) bond motifs is 1. The summed E-state index contributed by atoms with van der Waals surface area (Å²) in [5, 5.41) is 9.52. The Bertz CT molecular complexity index is 1020. The summed E-state index contributed by atoms with van der Waals surface area (Å²) in [6.07, 6.45) is 1.72. The summed E-state index contributed by atoms with van der Waals surface area (Å²) in [7, 11) is 0. The summed E-state index contributed by atoms with van der Waals surface area (Å²) in [6, 6.07) is 18.1. The molecule has 28 heavy (non-hydrogen) atoms. The number of aromatic nitrogens is 1. The van der Waals surface area contributed by atoms with Gasteiger partial charge in [-0.2, -0.15) is 0 Å². The lowest BCUT2D eigenvalue weighted by molar-refractivity contribution is 0.0510. The molecular weight excluding hydrogens is 356 g/mol. The highest BCUT2D eigenvalue weighted by Gasteiger charge is 2.43. The van der Waals surface area contributed by atoms with Gasteiger partial charge in [0.05, 0.1) is 23.4 Å². The Labute approximate surface area is 161 Å². The average Bonchev–Trinajstić information content (AvgIpc) is 3.30. The van der Waals surface area contributed by atoms with Crippen molar-refractivity contribution in [1.82, 2.24) is 9.47 Å². The molecule has 140 valence electrons. The molecular formula is C22H18N2O4. The number of hydrogen-bond acceptors (Lipinski definition) is 4. The zero-order valence-electron chi connectivity index (χ0n) is 15.0. The molecule has 0 fully saturated rings. The molecule has 1 aliphatic rings. The van der Waals surface area contributed by atoms with Crippen LogP contribution in [0.3, 0.4) is 0 Å². The van der Waals surface area contributed by atoms with E-state index in [9.17, 15) is 19.5 Å². The zero-order valence-corrected chi connectivity index (χ0v) is 15.0. The number of hydrogen-bond donors (Lipinski definition) is 1. The molecule has 1 aliphatic heterocycles. The molecule has 0 spiro atoms. The van der Waals surface area contributed by atoms with E-state index in [1.54, 1.807) is 36.4 Å². The lowest BCUT2D eigenvalue weighted by Gasteiger charge is -2.26. The van der Waals surface area contributed by atoms with Crippen LogP contribution in [0.5, 0.6) is 0 Å². The molecule has 1 aromatic heterocycles. The monoisotopic (exact) mass is 374 g/mol. The number of aliphatic hydroxyl groups excluding tert-OH is 1. The molecule has 0 aliphatic carbocycles. The summed E-state index contributed by atoms with van der Waals surface area (Å²) < 4.78 is 1.30. The van der Waals surface area contributed by atoms with Gasteiger partial charge in [0.2, 0.25) is 0 Å². The van der Waals surface area contributed by atoms with Gasteiger partial charge in [-0.05, 0) is 29.8 Å². The van der Waals surface area contributed by atoms with E-state index in [0.29, 0.717) is 16.8 Å². The molecule has 0 saturated heterocycles. The molecule has 6 nitrogen and oxygen atoms in total. The third-order valence-electron chi connectivity index (χ3n) is 4.93. The molecule has 0 saturated carbocycles. The Morgan fingerprint density at radius 1 is 0.857 bits per heavy atom. The number of nitrogens with zero attached hydrogens (tertiary/aromatic N) is 2. The first-order valence-electron chi connectivity index (χ1n) is 8.94. The normalized spacial score (nSPS) is 14.2. The highest BCUT2D eigenvalue weighted by atomic mass is 16.3. The Kier molecular flexibility index (Phi) is 4.63. The van der Waals surface area contributed by atoms with Gasteiger partial charge in [-0.3, -0.25) is 23.9 Å². The molecule has 0 bridgehead atoms. The van der Waals surface area contributed by atoms with Gasteiger partial charge in [-0.25, -0.2) is 0 Å². The van der Waals surface area contributed by atoms with Gasteiger partial charge in [-0.15, -0.1) is 0 Å². The molecule has 1 atom stereocenters. The van der Waals surface area contributed by atoms with E-state index in [0.717, 1.165) is 10.5 Å². The Hall–Kier alpha value is -3.51. The van der Waals surface area contributed by atoms with Crippen LogP contribution in [0.15, 0.2) is 72.9 Å². The van der Waals surface area contributed by atoms with Gasteiger partial charge in [0, 0.05) is 12.6 Å². The van der Waals surface area contributed by atoms with Gasteiger partial charge in [0.1, 0.15) is 6.04 Å². The number of carbonyl (C=O) groups excluding carboxylic acids is 3. The molecule has 3 aromatic rings. The fraction of sp³-hybridized carbons (Fsp3) is 0.136. The second kappa shape index (κ2) is 7.25. The maximum absolute atomic E-state index is 13.3. The molecule has 6 heteroatoms. The minimum absolute atomic E-state index is 0.189. The van der Waals surface area contributed by atoms with E-state index in [-0.39, 0.29) is 13.0 Å².